The molecule has 2 rings (SSSR count). The van der Waals surface area contributed by atoms with Crippen LogP contribution in [0.3, 0.4) is 0 Å². The first-order valence-corrected chi connectivity index (χ1v) is 7.91. The van der Waals surface area contributed by atoms with E-state index in [0.29, 0.717) is 16.2 Å². The molecule has 0 saturated heterocycles. The number of nitrogens with two attached hydrogens (primary N) is 1. The molecule has 7 heteroatoms. The van der Waals surface area contributed by atoms with Crippen molar-refractivity contribution in [2.75, 3.05) is 11.5 Å². The van der Waals surface area contributed by atoms with Crippen molar-refractivity contribution in [1.29, 1.82) is 0 Å². The number of hydrogen-bond donors (Lipinski definition) is 2. The molecule has 0 aliphatic carbocycles. The summed E-state index contributed by atoms with van der Waals surface area (Å²) in [5.74, 6) is 0.194. The number of hydrogen-bond acceptors (Lipinski definition) is 4. The van der Waals surface area contributed by atoms with E-state index in [4.69, 9.17) is 5.14 Å². The zero-order valence-corrected chi connectivity index (χ0v) is 11.1. The Bertz CT molecular complexity index is 722. The maximum atomic E-state index is 11.7. The van der Waals surface area contributed by atoms with Gasteiger partial charge in [0.2, 0.25) is 10.0 Å². The van der Waals surface area contributed by atoms with Crippen LogP contribution in [0.4, 0.5) is 0 Å². The summed E-state index contributed by atoms with van der Waals surface area (Å²) in [6.07, 6.45) is 0. The lowest BCUT2D eigenvalue weighted by molar-refractivity contribution is 0.599. The predicted molar refractivity (Wildman–Crippen MR) is 73.3 cm³/mol. The van der Waals surface area contributed by atoms with E-state index in [-0.39, 0.29) is 11.3 Å². The Morgan fingerprint density at radius 1 is 1.28 bits per heavy atom. The second-order valence-corrected chi connectivity index (χ2v) is 6.64. The Kier molecular flexibility index (Phi) is 3.74. The lowest BCUT2D eigenvalue weighted by atomic mass is 10.2. The summed E-state index contributed by atoms with van der Waals surface area (Å²) < 4.78 is 21.6. The molecule has 0 bridgehead atoms. The maximum absolute atomic E-state index is 11.7. The topological polar surface area (TPSA) is 93.0 Å². The van der Waals surface area contributed by atoms with Gasteiger partial charge in [0.05, 0.1) is 10.8 Å². The zero-order chi connectivity index (χ0) is 13.2. The van der Waals surface area contributed by atoms with E-state index in [1.54, 1.807) is 12.1 Å². The molecule has 0 aliphatic rings. The van der Waals surface area contributed by atoms with E-state index < -0.39 is 10.0 Å². The van der Waals surface area contributed by atoms with E-state index in [1.807, 2.05) is 18.2 Å². The number of benzene rings is 1. The highest BCUT2D eigenvalue weighted by atomic mass is 32.2. The van der Waals surface area contributed by atoms with Crippen molar-refractivity contribution in [1.82, 2.24) is 4.98 Å². The standard InChI is InChI=1S/C11H12N2O3S2/c12-18(15,16)6-5-17-10-7-8-3-1-2-4-9(8)11(14)13-10/h1-4,7H,5-6H2,(H,13,14)(H2,12,15,16). The fourth-order valence-electron chi connectivity index (χ4n) is 1.53. The number of nitrogens with one attached hydrogen (secondary N) is 1. The first-order valence-electron chi connectivity index (χ1n) is 5.21. The third-order valence-corrected chi connectivity index (χ3v) is 4.32. The van der Waals surface area contributed by atoms with Gasteiger partial charge in [0.15, 0.2) is 0 Å². The summed E-state index contributed by atoms with van der Waals surface area (Å²) in [7, 11) is -3.46. The number of sulfonamides is 1. The molecule has 0 radical (unpaired) electrons. The molecular formula is C11H12N2O3S2. The van der Waals surface area contributed by atoms with Crippen molar-refractivity contribution < 1.29 is 8.42 Å². The molecular weight excluding hydrogens is 272 g/mol. The number of thioether (sulfide) groups is 1. The van der Waals surface area contributed by atoms with E-state index >= 15 is 0 Å². The molecule has 0 atom stereocenters. The van der Waals surface area contributed by atoms with Crippen molar-refractivity contribution in [3.63, 3.8) is 0 Å². The van der Waals surface area contributed by atoms with Gasteiger partial charge in [-0.1, -0.05) is 18.2 Å². The summed E-state index contributed by atoms with van der Waals surface area (Å²) >= 11 is 1.26. The predicted octanol–water partition coefficient (Wildman–Crippen LogP) is 0.909. The highest BCUT2D eigenvalue weighted by molar-refractivity contribution is 8.00. The monoisotopic (exact) mass is 284 g/mol. The third kappa shape index (κ3) is 3.34. The molecule has 2 aromatic rings. The van der Waals surface area contributed by atoms with Crippen molar-refractivity contribution >= 4 is 32.6 Å². The molecule has 3 N–H and O–H groups in total. The van der Waals surface area contributed by atoms with Gasteiger partial charge in [0.1, 0.15) is 0 Å². The fraction of sp³-hybridized carbons (Fsp3) is 0.182. The first-order chi connectivity index (χ1) is 8.46. The van der Waals surface area contributed by atoms with Gasteiger partial charge < -0.3 is 4.98 Å². The molecule has 0 spiro atoms. The van der Waals surface area contributed by atoms with Crippen molar-refractivity contribution in [3.8, 4) is 0 Å². The van der Waals surface area contributed by atoms with Gasteiger partial charge >= 0.3 is 0 Å². The van der Waals surface area contributed by atoms with Crippen LogP contribution >= 0.6 is 11.8 Å². The summed E-state index contributed by atoms with van der Waals surface area (Å²) in [5, 5.41) is 7.00. The Hall–Kier alpha value is -1.31. The van der Waals surface area contributed by atoms with E-state index in [9.17, 15) is 13.2 Å². The van der Waals surface area contributed by atoms with Crippen LogP contribution < -0.4 is 10.7 Å². The Morgan fingerprint density at radius 2 is 2.00 bits per heavy atom. The fourth-order valence-corrected chi connectivity index (χ4v) is 3.39. The maximum Gasteiger partial charge on any atom is 0.256 e. The Balaban J connectivity index is 2.22. The van der Waals surface area contributed by atoms with Gasteiger partial charge in [0.25, 0.3) is 5.56 Å². The van der Waals surface area contributed by atoms with Crippen LogP contribution in [0.25, 0.3) is 10.8 Å². The van der Waals surface area contributed by atoms with E-state index in [2.05, 4.69) is 4.98 Å². The lowest BCUT2D eigenvalue weighted by Gasteiger charge is -2.03. The van der Waals surface area contributed by atoms with Crippen LogP contribution in [-0.4, -0.2) is 24.9 Å². The molecule has 96 valence electrons. The van der Waals surface area contributed by atoms with Gasteiger partial charge in [0, 0.05) is 11.1 Å². The minimum absolute atomic E-state index is 0.119. The molecule has 1 aromatic heterocycles. The highest BCUT2D eigenvalue weighted by Gasteiger charge is 2.05. The molecule has 0 aliphatic heterocycles. The molecule has 1 heterocycles. The van der Waals surface area contributed by atoms with Crippen molar-refractivity contribution in [3.05, 3.63) is 40.7 Å². The molecule has 5 nitrogen and oxygen atoms in total. The van der Waals surface area contributed by atoms with Crippen LogP contribution in [0, 0.1) is 0 Å². The number of H-pyrrole nitrogens is 1. The van der Waals surface area contributed by atoms with E-state index in [1.165, 1.54) is 11.8 Å². The highest BCUT2D eigenvalue weighted by Crippen LogP contribution is 2.18. The normalized spacial score (nSPS) is 11.8. The minimum atomic E-state index is -3.46. The number of aromatic amines is 1. The SMILES string of the molecule is NS(=O)(=O)CCSc1cc2ccccc2c(=O)[nH]1. The average molecular weight is 284 g/mol. The van der Waals surface area contributed by atoms with Gasteiger partial charge in [-0.3, -0.25) is 4.79 Å². The largest absolute Gasteiger partial charge is 0.317 e. The number of aromatic nitrogens is 1. The minimum Gasteiger partial charge on any atom is -0.317 e. The molecule has 18 heavy (non-hydrogen) atoms. The molecule has 0 amide bonds. The van der Waals surface area contributed by atoms with Gasteiger partial charge in [-0.05, 0) is 17.5 Å². The number of pyridine rings is 1. The third-order valence-electron chi connectivity index (χ3n) is 2.35. The quantitative estimate of drug-likeness (QED) is 0.816. The number of rotatable bonds is 4. The van der Waals surface area contributed by atoms with Crippen LogP contribution in [0.5, 0.6) is 0 Å². The van der Waals surface area contributed by atoms with Gasteiger partial charge in [-0.2, -0.15) is 0 Å². The summed E-state index contributed by atoms with van der Waals surface area (Å²) in [5.41, 5.74) is -0.175. The Labute approximate surface area is 108 Å². The van der Waals surface area contributed by atoms with Gasteiger partial charge in [-0.15, -0.1) is 11.8 Å². The van der Waals surface area contributed by atoms with Crippen LogP contribution in [0.15, 0.2) is 40.2 Å². The summed E-state index contributed by atoms with van der Waals surface area (Å²) in [6, 6.07) is 9.05. The molecule has 0 unspecified atom stereocenters. The van der Waals surface area contributed by atoms with Crippen LogP contribution in [-0.2, 0) is 10.0 Å². The molecule has 0 saturated carbocycles. The van der Waals surface area contributed by atoms with Crippen LogP contribution in [0.2, 0.25) is 0 Å². The van der Waals surface area contributed by atoms with Crippen LogP contribution in [0.1, 0.15) is 0 Å². The van der Waals surface area contributed by atoms with Gasteiger partial charge in [-0.25, -0.2) is 13.6 Å². The van der Waals surface area contributed by atoms with Crippen molar-refractivity contribution in [2.24, 2.45) is 5.14 Å². The van der Waals surface area contributed by atoms with Crippen molar-refractivity contribution in [2.45, 2.75) is 5.03 Å². The zero-order valence-electron chi connectivity index (χ0n) is 9.42. The second kappa shape index (κ2) is 5.13. The summed E-state index contributed by atoms with van der Waals surface area (Å²) in [4.78, 5) is 14.5. The Morgan fingerprint density at radius 3 is 2.72 bits per heavy atom. The lowest BCUT2D eigenvalue weighted by Crippen LogP contribution is -2.18. The second-order valence-electron chi connectivity index (χ2n) is 3.77. The molecule has 1 aromatic carbocycles. The summed E-state index contributed by atoms with van der Waals surface area (Å²) in [6.45, 7) is 0. The van der Waals surface area contributed by atoms with E-state index in [0.717, 1.165) is 5.39 Å². The number of fused-ring (bicyclic) bond motifs is 1. The molecule has 0 fully saturated rings. The number of primary sulfonamides is 1. The average Bonchev–Trinajstić information content (AvgIpc) is 2.27. The first kappa shape index (κ1) is 13.1. The smallest absolute Gasteiger partial charge is 0.256 e.